The minimum Gasteiger partial charge on any atom is -0.327 e. The van der Waals surface area contributed by atoms with Crippen molar-refractivity contribution in [3.05, 3.63) is 0 Å². The topological polar surface area (TPSA) is 26.0 Å². The maximum absolute atomic E-state index is 6.24. The van der Waals surface area contributed by atoms with Crippen LogP contribution in [0.1, 0.15) is 51.4 Å². The van der Waals surface area contributed by atoms with Crippen LogP contribution in [-0.2, 0) is 0 Å². The van der Waals surface area contributed by atoms with Gasteiger partial charge in [-0.1, -0.05) is 25.7 Å². The van der Waals surface area contributed by atoms with Crippen molar-refractivity contribution in [3.63, 3.8) is 0 Å². The van der Waals surface area contributed by atoms with Crippen molar-refractivity contribution in [2.75, 3.05) is 11.5 Å². The Morgan fingerprint density at radius 2 is 1.60 bits per heavy atom. The van der Waals surface area contributed by atoms with E-state index in [-0.39, 0.29) is 0 Å². The number of hydrogen-bond acceptors (Lipinski definition) is 2. The molecule has 0 aliphatic heterocycles. The first-order valence-corrected chi connectivity index (χ1v) is 7.85. The lowest BCUT2D eigenvalue weighted by Gasteiger charge is -2.19. The summed E-state index contributed by atoms with van der Waals surface area (Å²) in [5.74, 6) is 4.45. The van der Waals surface area contributed by atoms with Crippen molar-refractivity contribution >= 4 is 11.8 Å². The highest BCUT2D eigenvalue weighted by Gasteiger charge is 2.22. The Morgan fingerprint density at radius 1 is 1.00 bits per heavy atom. The Balaban J connectivity index is 1.56. The summed E-state index contributed by atoms with van der Waals surface area (Å²) in [6, 6.07) is 0.485. The van der Waals surface area contributed by atoms with Crippen molar-refractivity contribution in [2.24, 2.45) is 17.6 Å². The third-order valence-electron chi connectivity index (χ3n) is 4.14. The van der Waals surface area contributed by atoms with Crippen LogP contribution in [0.5, 0.6) is 0 Å². The molecule has 0 bridgehead atoms. The molecule has 15 heavy (non-hydrogen) atoms. The van der Waals surface area contributed by atoms with E-state index >= 15 is 0 Å². The van der Waals surface area contributed by atoms with Gasteiger partial charge in [0.1, 0.15) is 0 Å². The summed E-state index contributed by atoms with van der Waals surface area (Å²) >= 11 is 2.12. The van der Waals surface area contributed by atoms with Gasteiger partial charge in [0.15, 0.2) is 0 Å². The molecular formula is C13H25NS. The van der Waals surface area contributed by atoms with E-state index in [2.05, 4.69) is 11.8 Å². The molecule has 0 spiro atoms. The third kappa shape index (κ3) is 3.67. The van der Waals surface area contributed by atoms with Crippen molar-refractivity contribution in [2.45, 2.75) is 57.4 Å². The SMILES string of the molecule is NC(CSCC1CCCC1)C1CCCC1. The zero-order valence-corrected chi connectivity index (χ0v) is 10.6. The maximum Gasteiger partial charge on any atom is 0.0158 e. The van der Waals surface area contributed by atoms with Gasteiger partial charge in [-0.05, 0) is 43.3 Å². The van der Waals surface area contributed by atoms with Crippen LogP contribution in [0, 0.1) is 11.8 Å². The van der Waals surface area contributed by atoms with Gasteiger partial charge in [0, 0.05) is 11.8 Å². The van der Waals surface area contributed by atoms with Crippen molar-refractivity contribution < 1.29 is 0 Å². The quantitative estimate of drug-likeness (QED) is 0.779. The fraction of sp³-hybridized carbons (Fsp3) is 1.00. The molecule has 1 atom stereocenters. The first-order chi connectivity index (χ1) is 7.36. The summed E-state index contributed by atoms with van der Waals surface area (Å²) < 4.78 is 0. The van der Waals surface area contributed by atoms with Crippen LogP contribution >= 0.6 is 11.8 Å². The molecule has 1 nitrogen and oxygen atoms in total. The van der Waals surface area contributed by atoms with E-state index in [1.165, 1.54) is 62.9 Å². The monoisotopic (exact) mass is 227 g/mol. The third-order valence-corrected chi connectivity index (χ3v) is 5.47. The van der Waals surface area contributed by atoms with Crippen LogP contribution in [0.3, 0.4) is 0 Å². The van der Waals surface area contributed by atoms with E-state index in [0.29, 0.717) is 6.04 Å². The molecule has 88 valence electrons. The molecule has 2 aliphatic carbocycles. The Hall–Kier alpha value is 0.310. The number of rotatable bonds is 5. The zero-order valence-electron chi connectivity index (χ0n) is 9.79. The number of nitrogens with two attached hydrogens (primary N) is 1. The molecule has 2 fully saturated rings. The van der Waals surface area contributed by atoms with E-state index in [0.717, 1.165) is 11.8 Å². The van der Waals surface area contributed by atoms with Crippen LogP contribution in [-0.4, -0.2) is 17.5 Å². The van der Waals surface area contributed by atoms with Crippen molar-refractivity contribution in [1.82, 2.24) is 0 Å². The molecule has 0 amide bonds. The minimum absolute atomic E-state index is 0.485. The van der Waals surface area contributed by atoms with E-state index < -0.39 is 0 Å². The predicted molar refractivity (Wildman–Crippen MR) is 69.2 cm³/mol. The van der Waals surface area contributed by atoms with Gasteiger partial charge < -0.3 is 5.73 Å². The lowest BCUT2D eigenvalue weighted by molar-refractivity contribution is 0.463. The predicted octanol–water partition coefficient (Wildman–Crippen LogP) is 3.43. The molecule has 0 aromatic rings. The van der Waals surface area contributed by atoms with Gasteiger partial charge >= 0.3 is 0 Å². The van der Waals surface area contributed by atoms with E-state index in [9.17, 15) is 0 Å². The fourth-order valence-electron chi connectivity index (χ4n) is 3.07. The standard InChI is InChI=1S/C13H25NS/c14-13(12-7-3-4-8-12)10-15-9-11-5-1-2-6-11/h11-13H,1-10,14H2. The van der Waals surface area contributed by atoms with Gasteiger partial charge in [-0.15, -0.1) is 0 Å². The second kappa shape index (κ2) is 6.15. The highest BCUT2D eigenvalue weighted by atomic mass is 32.2. The van der Waals surface area contributed by atoms with Gasteiger partial charge in [0.05, 0.1) is 0 Å². The van der Waals surface area contributed by atoms with Crippen LogP contribution in [0.15, 0.2) is 0 Å². The molecule has 2 rings (SSSR count). The second-order valence-corrected chi connectivity index (χ2v) is 6.47. The lowest BCUT2D eigenvalue weighted by Crippen LogP contribution is -2.31. The summed E-state index contributed by atoms with van der Waals surface area (Å²) in [5.41, 5.74) is 6.24. The Bertz CT molecular complexity index is 171. The van der Waals surface area contributed by atoms with Crippen LogP contribution in [0.2, 0.25) is 0 Å². The van der Waals surface area contributed by atoms with Crippen LogP contribution in [0.4, 0.5) is 0 Å². The van der Waals surface area contributed by atoms with E-state index in [1.54, 1.807) is 0 Å². The van der Waals surface area contributed by atoms with E-state index in [4.69, 9.17) is 5.73 Å². The van der Waals surface area contributed by atoms with Crippen molar-refractivity contribution in [1.29, 1.82) is 0 Å². The molecule has 2 saturated carbocycles. The molecule has 2 heteroatoms. The summed E-state index contributed by atoms with van der Waals surface area (Å²) in [4.78, 5) is 0. The van der Waals surface area contributed by atoms with Gasteiger partial charge in [-0.2, -0.15) is 11.8 Å². The summed E-state index contributed by atoms with van der Waals surface area (Å²) in [6.07, 6.45) is 11.5. The molecule has 0 heterocycles. The molecule has 2 N–H and O–H groups in total. The van der Waals surface area contributed by atoms with Gasteiger partial charge in [0.25, 0.3) is 0 Å². The molecule has 2 aliphatic rings. The first kappa shape index (κ1) is 11.8. The largest absolute Gasteiger partial charge is 0.327 e. The normalized spacial score (nSPS) is 26.2. The molecule has 0 saturated heterocycles. The van der Waals surface area contributed by atoms with Gasteiger partial charge in [-0.25, -0.2) is 0 Å². The average molecular weight is 227 g/mol. The molecule has 1 unspecified atom stereocenters. The Labute approximate surface area is 98.6 Å². The molecular weight excluding hydrogens is 202 g/mol. The Kier molecular flexibility index (Phi) is 4.83. The summed E-state index contributed by atoms with van der Waals surface area (Å²) in [5, 5.41) is 0. The summed E-state index contributed by atoms with van der Waals surface area (Å²) in [6.45, 7) is 0. The van der Waals surface area contributed by atoms with E-state index in [1.807, 2.05) is 0 Å². The maximum atomic E-state index is 6.24. The fourth-order valence-corrected chi connectivity index (χ4v) is 4.42. The highest BCUT2D eigenvalue weighted by Crippen LogP contribution is 2.31. The lowest BCUT2D eigenvalue weighted by atomic mass is 10.0. The smallest absolute Gasteiger partial charge is 0.0158 e. The molecule has 0 aromatic heterocycles. The molecule has 0 radical (unpaired) electrons. The summed E-state index contributed by atoms with van der Waals surface area (Å²) in [7, 11) is 0. The van der Waals surface area contributed by atoms with Crippen LogP contribution in [0.25, 0.3) is 0 Å². The minimum atomic E-state index is 0.485. The second-order valence-electron chi connectivity index (χ2n) is 5.40. The van der Waals surface area contributed by atoms with Gasteiger partial charge in [0.2, 0.25) is 0 Å². The Morgan fingerprint density at radius 3 is 2.27 bits per heavy atom. The first-order valence-electron chi connectivity index (χ1n) is 6.69. The van der Waals surface area contributed by atoms with Crippen molar-refractivity contribution in [3.8, 4) is 0 Å². The van der Waals surface area contributed by atoms with Crippen LogP contribution < -0.4 is 5.73 Å². The highest BCUT2D eigenvalue weighted by molar-refractivity contribution is 7.99. The average Bonchev–Trinajstić information content (AvgIpc) is 2.90. The van der Waals surface area contributed by atoms with Gasteiger partial charge in [-0.3, -0.25) is 0 Å². The number of thioether (sulfide) groups is 1. The zero-order chi connectivity index (χ0) is 10.5. The molecule has 0 aromatic carbocycles. The number of hydrogen-bond donors (Lipinski definition) is 1.